The fraction of sp³-hybridized carbons (Fsp3) is 0.355. The van der Waals surface area contributed by atoms with Crippen LogP contribution >= 0.6 is 0 Å². The van der Waals surface area contributed by atoms with Crippen LogP contribution in [0.5, 0.6) is 0 Å². The number of alkyl halides is 3. The fourth-order valence-electron chi connectivity index (χ4n) is 4.96. The number of nitrogens with zero attached hydrogens (tertiary/aromatic N) is 1. The maximum Gasteiger partial charge on any atom is 0.416 e. The maximum absolute atomic E-state index is 13.6. The number of carbonyl (C=O) groups excluding carboxylic acids is 1. The Morgan fingerprint density at radius 1 is 0.930 bits per heavy atom. The molecular weight excluding hydrogens is 583 g/mol. The normalized spacial score (nSPS) is 18.0. The summed E-state index contributed by atoms with van der Waals surface area (Å²) in [6.45, 7) is 4.66. The Hall–Kier alpha value is -3.74. The number of halogens is 3. The first-order valence-corrected chi connectivity index (χ1v) is 15.3. The van der Waals surface area contributed by atoms with Crippen molar-refractivity contribution in [3.05, 3.63) is 101 Å². The zero-order valence-electron chi connectivity index (χ0n) is 23.8. The van der Waals surface area contributed by atoms with Crippen LogP contribution in [0, 0.1) is 0 Å². The van der Waals surface area contributed by atoms with Crippen LogP contribution in [-0.2, 0) is 34.1 Å². The first kappa shape index (κ1) is 32.2. The van der Waals surface area contributed by atoms with Gasteiger partial charge in [0, 0.05) is 25.7 Å². The van der Waals surface area contributed by atoms with Crippen LogP contribution in [-0.4, -0.2) is 48.3 Å². The van der Waals surface area contributed by atoms with E-state index in [1.807, 2.05) is 24.3 Å². The Bertz CT molecular complexity index is 1520. The summed E-state index contributed by atoms with van der Waals surface area (Å²) in [5, 5.41) is 15.3. The molecule has 1 aliphatic rings. The summed E-state index contributed by atoms with van der Waals surface area (Å²) in [6, 6.07) is 16.0. The van der Waals surface area contributed by atoms with E-state index < -0.39 is 39.7 Å². The molecule has 1 fully saturated rings. The number of benzene rings is 3. The summed E-state index contributed by atoms with van der Waals surface area (Å²) in [5.41, 5.74) is 1.98. The minimum absolute atomic E-state index is 0.0276. The van der Waals surface area contributed by atoms with Crippen LogP contribution in [0.2, 0.25) is 0 Å². The van der Waals surface area contributed by atoms with Crippen molar-refractivity contribution in [2.75, 3.05) is 6.54 Å². The molecule has 8 nitrogen and oxygen atoms in total. The van der Waals surface area contributed by atoms with Gasteiger partial charge in [-0.1, -0.05) is 50.2 Å². The van der Waals surface area contributed by atoms with Gasteiger partial charge >= 0.3 is 12.1 Å². The summed E-state index contributed by atoms with van der Waals surface area (Å²) in [5.74, 6) is -1.21. The lowest BCUT2D eigenvalue weighted by atomic mass is 9.98. The second-order valence-corrected chi connectivity index (χ2v) is 12.8. The molecule has 0 spiro atoms. The van der Waals surface area contributed by atoms with Crippen LogP contribution in [0.3, 0.4) is 0 Å². The Kier molecular flexibility index (Phi) is 9.93. The average Bonchev–Trinajstić information content (AvgIpc) is 2.98. The summed E-state index contributed by atoms with van der Waals surface area (Å²) in [6.07, 6.45) is -4.13. The van der Waals surface area contributed by atoms with Crippen molar-refractivity contribution in [1.29, 1.82) is 0 Å². The Balaban J connectivity index is 1.52. The molecule has 12 heteroatoms. The first-order chi connectivity index (χ1) is 20.3. The van der Waals surface area contributed by atoms with Crippen molar-refractivity contribution in [1.82, 2.24) is 14.9 Å². The molecule has 1 saturated heterocycles. The number of nitrogens with one attached hydrogen (secondary N) is 2. The van der Waals surface area contributed by atoms with E-state index in [9.17, 15) is 31.2 Å². The van der Waals surface area contributed by atoms with Crippen LogP contribution in [0.15, 0.2) is 77.7 Å². The van der Waals surface area contributed by atoms with E-state index in [2.05, 4.69) is 24.5 Å². The van der Waals surface area contributed by atoms with Gasteiger partial charge in [0.05, 0.1) is 16.0 Å². The van der Waals surface area contributed by atoms with Crippen molar-refractivity contribution >= 4 is 21.9 Å². The predicted octanol–water partition coefficient (Wildman–Crippen LogP) is 5.15. The zero-order valence-corrected chi connectivity index (χ0v) is 24.6. The molecule has 1 heterocycles. The molecule has 1 amide bonds. The highest BCUT2D eigenvalue weighted by atomic mass is 32.2. The third-order valence-electron chi connectivity index (χ3n) is 7.55. The van der Waals surface area contributed by atoms with E-state index in [4.69, 9.17) is 5.11 Å². The Morgan fingerprint density at radius 2 is 1.51 bits per heavy atom. The molecular formula is C31H34F3N3O5S. The predicted molar refractivity (Wildman–Crippen MR) is 155 cm³/mol. The summed E-state index contributed by atoms with van der Waals surface area (Å²) >= 11 is 0. The SMILES string of the molecule is CC(C)c1ccc(CNC(=O)[C@H]2C[C@H](NCc3ccc(C(=O)O)cc3)CCN2S(=O)(=O)c2ccc(C(F)(F)F)cc2)cc1. The number of aromatic carboxylic acids is 1. The second kappa shape index (κ2) is 13.3. The fourth-order valence-corrected chi connectivity index (χ4v) is 6.57. The van der Waals surface area contributed by atoms with Crippen molar-refractivity contribution < 1.29 is 36.3 Å². The third-order valence-corrected chi connectivity index (χ3v) is 9.48. The maximum atomic E-state index is 13.6. The van der Waals surface area contributed by atoms with Gasteiger partial charge in [-0.3, -0.25) is 4.79 Å². The monoisotopic (exact) mass is 617 g/mol. The summed E-state index contributed by atoms with van der Waals surface area (Å²) in [4.78, 5) is 24.3. The van der Waals surface area contributed by atoms with Crippen LogP contribution in [0.25, 0.3) is 0 Å². The van der Waals surface area contributed by atoms with Gasteiger partial charge in [0.25, 0.3) is 0 Å². The number of carboxylic acid groups (broad SMARTS) is 1. The number of sulfonamides is 1. The van der Waals surface area contributed by atoms with Crippen LogP contribution < -0.4 is 10.6 Å². The van der Waals surface area contributed by atoms with Gasteiger partial charge in [0.1, 0.15) is 6.04 Å². The number of carboxylic acids is 1. The van der Waals surface area contributed by atoms with Crippen molar-refractivity contribution in [2.45, 2.75) is 68.9 Å². The van der Waals surface area contributed by atoms with Gasteiger partial charge < -0.3 is 15.7 Å². The molecule has 3 N–H and O–H groups in total. The van der Waals surface area contributed by atoms with Crippen molar-refractivity contribution in [3.8, 4) is 0 Å². The molecule has 1 aliphatic heterocycles. The van der Waals surface area contributed by atoms with E-state index in [0.717, 1.165) is 33.1 Å². The van der Waals surface area contributed by atoms with Gasteiger partial charge in [-0.2, -0.15) is 17.5 Å². The van der Waals surface area contributed by atoms with E-state index in [-0.39, 0.29) is 36.0 Å². The van der Waals surface area contributed by atoms with Gasteiger partial charge in [0.15, 0.2) is 0 Å². The van der Waals surface area contributed by atoms with Crippen LogP contribution in [0.4, 0.5) is 13.2 Å². The second-order valence-electron chi connectivity index (χ2n) is 10.9. The molecule has 4 rings (SSSR count). The average molecular weight is 618 g/mol. The molecule has 2 atom stereocenters. The minimum Gasteiger partial charge on any atom is -0.478 e. The zero-order chi connectivity index (χ0) is 31.4. The van der Waals surface area contributed by atoms with Crippen molar-refractivity contribution in [2.24, 2.45) is 0 Å². The highest BCUT2D eigenvalue weighted by Gasteiger charge is 2.41. The van der Waals surface area contributed by atoms with E-state index in [0.29, 0.717) is 31.0 Å². The number of hydrogen-bond donors (Lipinski definition) is 3. The third kappa shape index (κ3) is 8.01. The molecule has 0 unspecified atom stereocenters. The molecule has 43 heavy (non-hydrogen) atoms. The van der Waals surface area contributed by atoms with Crippen LogP contribution in [0.1, 0.15) is 65.2 Å². The highest BCUT2D eigenvalue weighted by molar-refractivity contribution is 7.89. The highest BCUT2D eigenvalue weighted by Crippen LogP contribution is 2.32. The van der Waals surface area contributed by atoms with E-state index >= 15 is 0 Å². The quantitative estimate of drug-likeness (QED) is 0.290. The largest absolute Gasteiger partial charge is 0.478 e. The van der Waals surface area contributed by atoms with Gasteiger partial charge in [-0.25, -0.2) is 13.2 Å². The molecule has 3 aromatic carbocycles. The Morgan fingerprint density at radius 3 is 2.07 bits per heavy atom. The van der Waals surface area contributed by atoms with E-state index in [1.165, 1.54) is 12.1 Å². The topological polar surface area (TPSA) is 116 Å². The lowest BCUT2D eigenvalue weighted by Gasteiger charge is -2.38. The number of hydrogen-bond acceptors (Lipinski definition) is 5. The molecule has 0 aromatic heterocycles. The smallest absolute Gasteiger partial charge is 0.416 e. The Labute approximate surface area is 249 Å². The van der Waals surface area contributed by atoms with E-state index in [1.54, 1.807) is 12.1 Å². The van der Waals surface area contributed by atoms with Crippen molar-refractivity contribution in [3.63, 3.8) is 0 Å². The number of rotatable bonds is 10. The number of piperidine rings is 1. The molecule has 0 aliphatic carbocycles. The standard InChI is InChI=1S/C31H34F3N3O5S/c1-20(2)23-7-3-22(4-8-23)19-36-29(38)28-17-26(35-18-21-5-9-24(10-6-21)30(39)40)15-16-37(28)43(41,42)27-13-11-25(12-14-27)31(32,33)34/h3-14,20,26,28,35H,15-19H2,1-2H3,(H,36,38)(H,39,40)/t26-,28-/m1/s1. The molecule has 230 valence electrons. The molecule has 0 bridgehead atoms. The molecule has 0 saturated carbocycles. The minimum atomic E-state index is -4.62. The molecule has 3 aromatic rings. The van der Waals surface area contributed by atoms with Gasteiger partial charge in [-0.05, 0) is 71.8 Å². The molecule has 0 radical (unpaired) electrons. The van der Waals surface area contributed by atoms with Gasteiger partial charge in [0.2, 0.25) is 15.9 Å². The van der Waals surface area contributed by atoms with Gasteiger partial charge in [-0.15, -0.1) is 0 Å². The number of amides is 1. The lowest BCUT2D eigenvalue weighted by molar-refractivity contribution is -0.137. The number of carbonyl (C=O) groups is 2. The summed E-state index contributed by atoms with van der Waals surface area (Å²) < 4.78 is 67.5. The first-order valence-electron chi connectivity index (χ1n) is 13.9. The summed E-state index contributed by atoms with van der Waals surface area (Å²) in [7, 11) is -4.30. The lowest BCUT2D eigenvalue weighted by Crippen LogP contribution is -2.56.